The fourth-order valence-corrected chi connectivity index (χ4v) is 4.57. The first kappa shape index (κ1) is 21.1. The van der Waals surface area contributed by atoms with Gasteiger partial charge in [-0.15, -0.1) is 10.2 Å². The molecule has 1 amide bonds. The highest BCUT2D eigenvalue weighted by Gasteiger charge is 2.20. The second kappa shape index (κ2) is 9.27. The van der Waals surface area contributed by atoms with Gasteiger partial charge in [0.25, 0.3) is 0 Å². The molecule has 0 saturated heterocycles. The molecule has 1 atom stereocenters. The van der Waals surface area contributed by atoms with Crippen molar-refractivity contribution in [2.24, 2.45) is 7.05 Å². The summed E-state index contributed by atoms with van der Waals surface area (Å²) in [6, 6.07) is 7.67. The minimum atomic E-state index is -0.328. The van der Waals surface area contributed by atoms with Gasteiger partial charge in [-0.25, -0.2) is 0 Å². The van der Waals surface area contributed by atoms with E-state index < -0.39 is 0 Å². The average Bonchev–Trinajstić information content (AvgIpc) is 3.22. The summed E-state index contributed by atoms with van der Waals surface area (Å²) in [6.45, 7) is 8.18. The molecule has 0 bridgehead atoms. The Hall–Kier alpha value is -2.59. The summed E-state index contributed by atoms with van der Waals surface area (Å²) >= 11 is 2.76. The number of carbonyl (C=O) groups excluding carboxylic acids is 1. The number of nitrogens with zero attached hydrogens (tertiary/aromatic N) is 4. The van der Waals surface area contributed by atoms with Crippen molar-refractivity contribution in [3.63, 3.8) is 0 Å². The lowest BCUT2D eigenvalue weighted by Crippen LogP contribution is -2.23. The number of rotatable bonds is 8. The van der Waals surface area contributed by atoms with Gasteiger partial charge in [0.15, 0.2) is 4.34 Å². The normalized spacial score (nSPS) is 11.9. The smallest absolute Gasteiger partial charge is 0.237 e. The molecule has 2 aromatic heterocycles. The molecule has 0 aliphatic carbocycles. The number of amides is 1. The van der Waals surface area contributed by atoms with Gasteiger partial charge in [0.2, 0.25) is 11.0 Å². The van der Waals surface area contributed by atoms with Gasteiger partial charge in [0, 0.05) is 7.05 Å². The first-order valence-corrected chi connectivity index (χ1v) is 10.9. The molecule has 3 rings (SSSR count). The number of benzene rings is 1. The highest BCUT2D eigenvalue weighted by molar-refractivity contribution is 8.02. The molecule has 0 aliphatic rings. The third-order valence-corrected chi connectivity index (χ3v) is 6.26. The molecule has 1 aromatic carbocycles. The van der Waals surface area contributed by atoms with Gasteiger partial charge in [-0.2, -0.15) is 5.10 Å². The monoisotopic (exact) mass is 432 g/mol. The predicted octanol–water partition coefficient (Wildman–Crippen LogP) is 4.15. The zero-order valence-electron chi connectivity index (χ0n) is 17.0. The van der Waals surface area contributed by atoms with E-state index in [9.17, 15) is 4.79 Å². The van der Waals surface area contributed by atoms with Crippen LogP contribution >= 0.6 is 23.1 Å². The van der Waals surface area contributed by atoms with Crippen LogP contribution in [0.15, 0.2) is 28.6 Å². The largest absolute Gasteiger partial charge is 0.492 e. The van der Waals surface area contributed by atoms with Gasteiger partial charge in [-0.1, -0.05) is 35.2 Å². The highest BCUT2D eigenvalue weighted by Crippen LogP contribution is 2.33. The molecule has 29 heavy (non-hydrogen) atoms. The number of aryl methyl sites for hydroxylation is 2. The Bertz CT molecular complexity index is 1000. The lowest BCUT2D eigenvalue weighted by atomic mass is 10.3. The number of anilines is 3. The number of thioether (sulfide) groups is 1. The zero-order chi connectivity index (χ0) is 21.0. The second-order valence-electron chi connectivity index (χ2n) is 6.35. The fraction of sp³-hybridized carbons (Fsp3) is 0.368. The summed E-state index contributed by atoms with van der Waals surface area (Å²) in [5.74, 6) is 0.662. The molecule has 8 nitrogen and oxygen atoms in total. The fourth-order valence-electron chi connectivity index (χ4n) is 2.66. The minimum absolute atomic E-state index is 0.0967. The number of ether oxygens (including phenoxy) is 1. The standard InChI is InChI=1S/C19H24N6O2S2/c1-6-27-15-10-8-7-9-14(15)20-18-22-23-19(29-18)28-13(4)17(26)21-16-11(2)24-25(5)12(16)3/h7-10,13H,6H2,1-5H3,(H,20,22)(H,21,26). The van der Waals surface area contributed by atoms with Crippen LogP contribution in [0.1, 0.15) is 25.2 Å². The summed E-state index contributed by atoms with van der Waals surface area (Å²) in [4.78, 5) is 12.6. The molecular weight excluding hydrogens is 408 g/mol. The molecule has 10 heteroatoms. The van der Waals surface area contributed by atoms with E-state index in [0.717, 1.165) is 28.5 Å². The molecule has 154 valence electrons. The second-order valence-corrected chi connectivity index (χ2v) is 8.91. The number of carbonyl (C=O) groups is 1. The Labute approximate surface area is 178 Å². The highest BCUT2D eigenvalue weighted by atomic mass is 32.2. The lowest BCUT2D eigenvalue weighted by Gasteiger charge is -2.10. The van der Waals surface area contributed by atoms with Crippen molar-refractivity contribution in [2.75, 3.05) is 17.2 Å². The molecule has 2 heterocycles. The van der Waals surface area contributed by atoms with Gasteiger partial charge < -0.3 is 15.4 Å². The first-order chi connectivity index (χ1) is 13.9. The number of aromatic nitrogens is 4. The number of hydrogen-bond acceptors (Lipinski definition) is 8. The molecule has 0 radical (unpaired) electrons. The predicted molar refractivity (Wildman–Crippen MR) is 117 cm³/mol. The summed E-state index contributed by atoms with van der Waals surface area (Å²) in [5, 5.41) is 19.2. The van der Waals surface area contributed by atoms with Crippen LogP contribution in [-0.4, -0.2) is 37.7 Å². The third kappa shape index (κ3) is 5.07. The topological polar surface area (TPSA) is 94.0 Å². The summed E-state index contributed by atoms with van der Waals surface area (Å²) in [7, 11) is 1.86. The maximum Gasteiger partial charge on any atom is 0.237 e. The van der Waals surface area contributed by atoms with Gasteiger partial charge in [-0.05, 0) is 39.8 Å². The summed E-state index contributed by atoms with van der Waals surface area (Å²) in [5.41, 5.74) is 3.31. The van der Waals surface area contributed by atoms with E-state index in [4.69, 9.17) is 4.74 Å². The van der Waals surface area contributed by atoms with E-state index in [-0.39, 0.29) is 11.2 Å². The van der Waals surface area contributed by atoms with Crippen LogP contribution in [0.5, 0.6) is 5.75 Å². The van der Waals surface area contributed by atoms with Crippen LogP contribution in [0, 0.1) is 13.8 Å². The van der Waals surface area contributed by atoms with Crippen molar-refractivity contribution in [1.29, 1.82) is 0 Å². The SMILES string of the molecule is CCOc1ccccc1Nc1nnc(SC(C)C(=O)Nc2c(C)nn(C)c2C)s1. The van der Waals surface area contributed by atoms with Crippen LogP contribution in [0.4, 0.5) is 16.5 Å². The van der Waals surface area contributed by atoms with E-state index in [1.165, 1.54) is 23.1 Å². The van der Waals surface area contributed by atoms with E-state index in [2.05, 4.69) is 25.9 Å². The minimum Gasteiger partial charge on any atom is -0.492 e. The maximum atomic E-state index is 12.6. The van der Waals surface area contributed by atoms with Crippen LogP contribution in [-0.2, 0) is 11.8 Å². The Kier molecular flexibility index (Phi) is 6.75. The van der Waals surface area contributed by atoms with Crippen molar-refractivity contribution in [1.82, 2.24) is 20.0 Å². The van der Waals surface area contributed by atoms with Gasteiger partial charge in [-0.3, -0.25) is 9.48 Å². The van der Waals surface area contributed by atoms with Crippen LogP contribution < -0.4 is 15.4 Å². The number of nitrogens with one attached hydrogen (secondary N) is 2. The number of hydrogen-bond donors (Lipinski definition) is 2. The van der Waals surface area contributed by atoms with Gasteiger partial charge in [0.05, 0.1) is 34.6 Å². The quantitative estimate of drug-likeness (QED) is 0.516. The van der Waals surface area contributed by atoms with E-state index >= 15 is 0 Å². The average molecular weight is 433 g/mol. The van der Waals surface area contributed by atoms with Crippen molar-refractivity contribution in [2.45, 2.75) is 37.3 Å². The summed E-state index contributed by atoms with van der Waals surface area (Å²) in [6.07, 6.45) is 0. The van der Waals surface area contributed by atoms with E-state index in [1.807, 2.05) is 59.0 Å². The Morgan fingerprint density at radius 2 is 2.07 bits per heavy atom. The van der Waals surface area contributed by atoms with Gasteiger partial charge in [0.1, 0.15) is 5.75 Å². The first-order valence-electron chi connectivity index (χ1n) is 9.19. The zero-order valence-corrected chi connectivity index (χ0v) is 18.6. The van der Waals surface area contributed by atoms with Crippen molar-refractivity contribution in [3.05, 3.63) is 35.7 Å². The molecule has 1 unspecified atom stereocenters. The Morgan fingerprint density at radius 3 is 2.76 bits per heavy atom. The van der Waals surface area contributed by atoms with Crippen LogP contribution in [0.25, 0.3) is 0 Å². The van der Waals surface area contributed by atoms with E-state index in [0.29, 0.717) is 16.1 Å². The maximum absolute atomic E-state index is 12.6. The van der Waals surface area contributed by atoms with Crippen molar-refractivity contribution < 1.29 is 9.53 Å². The van der Waals surface area contributed by atoms with E-state index in [1.54, 1.807) is 4.68 Å². The Balaban J connectivity index is 1.63. The summed E-state index contributed by atoms with van der Waals surface area (Å²) < 4.78 is 8.09. The van der Waals surface area contributed by atoms with Gasteiger partial charge >= 0.3 is 0 Å². The lowest BCUT2D eigenvalue weighted by molar-refractivity contribution is -0.115. The molecule has 0 fully saturated rings. The van der Waals surface area contributed by atoms with Crippen LogP contribution in [0.3, 0.4) is 0 Å². The van der Waals surface area contributed by atoms with Crippen molar-refractivity contribution >= 4 is 45.5 Å². The Morgan fingerprint density at radius 1 is 1.31 bits per heavy atom. The van der Waals surface area contributed by atoms with Crippen LogP contribution in [0.2, 0.25) is 0 Å². The van der Waals surface area contributed by atoms with Crippen molar-refractivity contribution in [3.8, 4) is 5.75 Å². The number of para-hydroxylation sites is 2. The third-order valence-electron chi connectivity index (χ3n) is 4.24. The molecule has 0 saturated carbocycles. The molecule has 0 aliphatic heterocycles. The molecule has 3 aromatic rings. The molecular formula is C19H24N6O2S2. The molecule has 2 N–H and O–H groups in total. The molecule has 0 spiro atoms.